The highest BCUT2D eigenvalue weighted by Crippen LogP contribution is 2.98. The number of carboxylic acids is 1. The van der Waals surface area contributed by atoms with Crippen LogP contribution in [0.3, 0.4) is 0 Å². The third kappa shape index (κ3) is 1.84. The number of carbonyl (C=O) groups excluding carboxylic acids is 2. The zero-order chi connectivity index (χ0) is 21.7. The van der Waals surface area contributed by atoms with Crippen LogP contribution in [-0.4, -0.2) is 61.2 Å². The number of amides is 2. The van der Waals surface area contributed by atoms with Gasteiger partial charge in [0.05, 0.1) is 12.4 Å². The van der Waals surface area contributed by atoms with Gasteiger partial charge in [-0.2, -0.15) is 0 Å². The number of carboxylic acid groups (broad SMARTS) is 1. The topological polar surface area (TPSA) is 116 Å². The Morgan fingerprint density at radius 3 is 2.61 bits per heavy atom. The van der Waals surface area contributed by atoms with Crippen molar-refractivity contribution in [3.63, 3.8) is 0 Å². The lowest BCUT2D eigenvalue weighted by molar-refractivity contribution is -0.190. The van der Waals surface area contributed by atoms with Gasteiger partial charge in [0.15, 0.2) is 0 Å². The van der Waals surface area contributed by atoms with Crippen LogP contribution in [0.1, 0.15) is 37.1 Å². The van der Waals surface area contributed by atoms with Crippen molar-refractivity contribution >= 4 is 18.0 Å². The fourth-order valence-corrected chi connectivity index (χ4v) is 6.40. The number of imidazole rings is 1. The van der Waals surface area contributed by atoms with Crippen molar-refractivity contribution < 1.29 is 24.2 Å². The van der Waals surface area contributed by atoms with Crippen LogP contribution in [0.4, 0.5) is 4.79 Å². The molecule has 6 rings (SSSR count). The zero-order valence-corrected chi connectivity index (χ0v) is 17.1. The van der Waals surface area contributed by atoms with Crippen LogP contribution >= 0.6 is 0 Å². The smallest absolute Gasteiger partial charge is 0.412 e. The Morgan fingerprint density at radius 2 is 2.03 bits per heavy atom. The van der Waals surface area contributed by atoms with Crippen LogP contribution in [0.25, 0.3) is 0 Å². The summed E-state index contributed by atoms with van der Waals surface area (Å²) in [5.41, 5.74) is -0.0216. The van der Waals surface area contributed by atoms with Gasteiger partial charge < -0.3 is 19.7 Å². The summed E-state index contributed by atoms with van der Waals surface area (Å²) >= 11 is 0. The molecule has 0 radical (unpaired) electrons. The number of piperidine rings is 1. The molecule has 9 nitrogen and oxygen atoms in total. The van der Waals surface area contributed by atoms with Gasteiger partial charge in [-0.1, -0.05) is 44.2 Å². The number of rotatable bonds is 6. The molecule has 2 aromatic rings. The van der Waals surface area contributed by atoms with E-state index in [2.05, 4.69) is 9.97 Å². The van der Waals surface area contributed by atoms with Gasteiger partial charge in [-0.05, 0) is 11.5 Å². The van der Waals surface area contributed by atoms with Gasteiger partial charge in [0.1, 0.15) is 23.7 Å². The number of benzene rings is 1. The molecule has 4 aliphatic rings. The van der Waals surface area contributed by atoms with Crippen LogP contribution in [0, 0.1) is 17.3 Å². The molecule has 1 aromatic heterocycles. The highest BCUT2D eigenvalue weighted by molar-refractivity contribution is 6.09. The number of aromatic amines is 1. The molecule has 31 heavy (non-hydrogen) atoms. The molecule has 6 atom stereocenters. The molecule has 2 saturated heterocycles. The summed E-state index contributed by atoms with van der Waals surface area (Å²) in [5.74, 6) is -1.85. The second kappa shape index (κ2) is 5.66. The molecule has 2 N–H and O–H groups in total. The van der Waals surface area contributed by atoms with E-state index in [1.807, 2.05) is 30.3 Å². The highest BCUT2D eigenvalue weighted by atomic mass is 16.6. The predicted molar refractivity (Wildman–Crippen MR) is 105 cm³/mol. The average Bonchev–Trinajstić information content (AvgIpc) is 3.33. The minimum Gasteiger partial charge on any atom is -0.480 e. The minimum atomic E-state index is -1.06. The molecule has 1 spiro atoms. The van der Waals surface area contributed by atoms with E-state index in [1.54, 1.807) is 31.3 Å². The summed E-state index contributed by atoms with van der Waals surface area (Å²) in [4.78, 5) is 48.9. The lowest BCUT2D eigenvalue weighted by atomic mass is 9.79. The van der Waals surface area contributed by atoms with E-state index in [9.17, 15) is 19.5 Å². The van der Waals surface area contributed by atoms with Gasteiger partial charge in [0.2, 0.25) is 5.91 Å². The number of hydrogen-bond donors (Lipinski definition) is 2. The van der Waals surface area contributed by atoms with E-state index in [1.165, 1.54) is 4.90 Å². The standard InChI is InChI=1S/C22H22N4O5/c1-11(2)16(18(27)28)26-19(29)21-15(13-8-23-10-24-13)17(21)22(21,26)25-14(9-31-20(25)30)12-6-4-3-5-7-12/h3-8,10-11,14-17H,9H2,1-2H3,(H,23,24)(H,27,28)/t14-,15?,16-,17+,21+,22-/m0/s1. The quantitative estimate of drug-likeness (QED) is 0.688. The molecule has 2 aliphatic carbocycles. The molecule has 9 heteroatoms. The Balaban J connectivity index is 1.46. The van der Waals surface area contributed by atoms with Crippen LogP contribution < -0.4 is 0 Å². The van der Waals surface area contributed by atoms with Gasteiger partial charge in [0, 0.05) is 23.7 Å². The van der Waals surface area contributed by atoms with Gasteiger partial charge in [-0.25, -0.2) is 14.6 Å². The van der Waals surface area contributed by atoms with E-state index < -0.39 is 29.2 Å². The second-order valence-electron chi connectivity index (χ2n) is 9.13. The number of likely N-dealkylation sites (tertiary alicyclic amines) is 1. The van der Waals surface area contributed by atoms with Crippen molar-refractivity contribution in [2.45, 2.75) is 37.5 Å². The molecule has 2 aliphatic heterocycles. The number of nitrogens with one attached hydrogen (secondary N) is 1. The first-order chi connectivity index (χ1) is 14.9. The molecule has 4 fully saturated rings. The monoisotopic (exact) mass is 422 g/mol. The third-order valence-corrected chi connectivity index (χ3v) is 7.55. The van der Waals surface area contributed by atoms with Gasteiger partial charge >= 0.3 is 12.1 Å². The summed E-state index contributed by atoms with van der Waals surface area (Å²) in [7, 11) is 0. The van der Waals surface area contributed by atoms with E-state index in [4.69, 9.17) is 4.74 Å². The fraction of sp³-hybridized carbons (Fsp3) is 0.455. The number of cyclic esters (lactones) is 1. The third-order valence-electron chi connectivity index (χ3n) is 7.55. The number of H-pyrrole nitrogens is 1. The number of nitrogens with zero attached hydrogens (tertiary/aromatic N) is 3. The summed E-state index contributed by atoms with van der Waals surface area (Å²) in [6, 6.07) is 8.13. The number of carbonyl (C=O) groups is 3. The Kier molecular flexibility index (Phi) is 3.36. The van der Waals surface area contributed by atoms with Gasteiger partial charge in [-0.15, -0.1) is 0 Å². The van der Waals surface area contributed by atoms with E-state index >= 15 is 0 Å². The number of aromatic nitrogens is 2. The van der Waals surface area contributed by atoms with Crippen LogP contribution in [0.15, 0.2) is 42.9 Å². The normalized spacial score (nSPS) is 35.9. The van der Waals surface area contributed by atoms with Crippen molar-refractivity contribution in [2.75, 3.05) is 6.61 Å². The lowest BCUT2D eigenvalue weighted by Gasteiger charge is -2.56. The van der Waals surface area contributed by atoms with Gasteiger partial charge in [0.25, 0.3) is 0 Å². The van der Waals surface area contributed by atoms with Crippen molar-refractivity contribution in [1.82, 2.24) is 19.8 Å². The maximum atomic E-state index is 13.5. The number of β-lactam (4-membered cyclic amide) rings is 1. The van der Waals surface area contributed by atoms with Crippen LogP contribution in [-0.2, 0) is 14.3 Å². The van der Waals surface area contributed by atoms with Crippen molar-refractivity contribution in [3.8, 4) is 0 Å². The summed E-state index contributed by atoms with van der Waals surface area (Å²) in [6.07, 6.45) is 2.76. The maximum Gasteiger partial charge on any atom is 0.412 e. The summed E-state index contributed by atoms with van der Waals surface area (Å²) in [6.45, 7) is 3.73. The highest BCUT2D eigenvalue weighted by Gasteiger charge is 3.11. The first-order valence-electron chi connectivity index (χ1n) is 10.5. The Morgan fingerprint density at radius 1 is 1.29 bits per heavy atom. The molecule has 1 aromatic carbocycles. The molecular weight excluding hydrogens is 400 g/mol. The van der Waals surface area contributed by atoms with E-state index in [0.29, 0.717) is 0 Å². The molecule has 1 unspecified atom stereocenters. The Hall–Kier alpha value is -3.36. The zero-order valence-electron chi connectivity index (χ0n) is 17.1. The predicted octanol–water partition coefficient (Wildman–Crippen LogP) is 1.96. The van der Waals surface area contributed by atoms with Crippen molar-refractivity contribution in [2.24, 2.45) is 17.3 Å². The molecule has 3 heterocycles. The van der Waals surface area contributed by atoms with Crippen molar-refractivity contribution in [3.05, 3.63) is 54.1 Å². The number of hydrogen-bond acceptors (Lipinski definition) is 5. The first kappa shape index (κ1) is 18.4. The average molecular weight is 422 g/mol. The van der Waals surface area contributed by atoms with Crippen LogP contribution in [0.5, 0.6) is 0 Å². The molecular formula is C22H22N4O5. The SMILES string of the molecule is CC(C)[C@@H](C(=O)O)N1C(=O)[C@@]23C(c4cnc[nH]4)[C@H]2[C@]13N1C(=O)OC[C@H]1c1ccccc1. The summed E-state index contributed by atoms with van der Waals surface area (Å²) in [5, 5.41) is 9.94. The summed E-state index contributed by atoms with van der Waals surface area (Å²) < 4.78 is 5.44. The minimum absolute atomic E-state index is 0.0924. The largest absolute Gasteiger partial charge is 0.480 e. The van der Waals surface area contributed by atoms with Gasteiger partial charge in [-0.3, -0.25) is 9.69 Å². The van der Waals surface area contributed by atoms with Crippen molar-refractivity contribution in [1.29, 1.82) is 0 Å². The number of aliphatic carboxylic acids is 1. The Bertz CT molecular complexity index is 1100. The molecule has 160 valence electrons. The molecule has 0 bridgehead atoms. The number of fused-ring (bicyclic) bond motifs is 1. The number of ether oxygens (including phenoxy) is 1. The molecule has 2 saturated carbocycles. The first-order valence-corrected chi connectivity index (χ1v) is 10.5. The second-order valence-corrected chi connectivity index (χ2v) is 9.13. The fourth-order valence-electron chi connectivity index (χ4n) is 6.40. The van der Waals surface area contributed by atoms with Crippen LogP contribution in [0.2, 0.25) is 0 Å². The maximum absolute atomic E-state index is 13.5. The van der Waals surface area contributed by atoms with E-state index in [0.717, 1.165) is 11.3 Å². The Labute approximate surface area is 178 Å². The molecule has 2 amide bonds. The lowest BCUT2D eigenvalue weighted by Crippen LogP contribution is -2.75. The van der Waals surface area contributed by atoms with E-state index in [-0.39, 0.29) is 36.3 Å².